The SMILES string of the molecule is CCOc1ccc(S(=O)(=O)C2CS(=O)(=O)CC2NCCC(C)C)cc1. The van der Waals surface area contributed by atoms with Crippen molar-refractivity contribution >= 4 is 19.7 Å². The molecule has 1 N–H and O–H groups in total. The number of hydrogen-bond acceptors (Lipinski definition) is 6. The highest BCUT2D eigenvalue weighted by molar-refractivity contribution is 7.96. The van der Waals surface area contributed by atoms with Gasteiger partial charge in [0.2, 0.25) is 0 Å². The molecule has 0 saturated carbocycles. The molecule has 25 heavy (non-hydrogen) atoms. The number of ether oxygens (including phenoxy) is 1. The van der Waals surface area contributed by atoms with Crippen molar-refractivity contribution in [2.75, 3.05) is 24.7 Å². The molecule has 1 saturated heterocycles. The highest BCUT2D eigenvalue weighted by Gasteiger charge is 2.45. The van der Waals surface area contributed by atoms with Gasteiger partial charge in [0.05, 0.1) is 28.3 Å². The maximum atomic E-state index is 13.0. The van der Waals surface area contributed by atoms with Gasteiger partial charge >= 0.3 is 0 Å². The summed E-state index contributed by atoms with van der Waals surface area (Å²) in [6, 6.07) is 5.59. The minimum absolute atomic E-state index is 0.133. The van der Waals surface area contributed by atoms with Gasteiger partial charge in [0.15, 0.2) is 19.7 Å². The Hall–Kier alpha value is -1.12. The Balaban J connectivity index is 2.21. The Morgan fingerprint density at radius 2 is 1.84 bits per heavy atom. The van der Waals surface area contributed by atoms with Gasteiger partial charge in [0, 0.05) is 6.04 Å². The van der Waals surface area contributed by atoms with Crippen molar-refractivity contribution in [1.29, 1.82) is 0 Å². The van der Waals surface area contributed by atoms with Crippen LogP contribution >= 0.6 is 0 Å². The van der Waals surface area contributed by atoms with Crippen LogP contribution in [-0.2, 0) is 19.7 Å². The molecule has 0 radical (unpaired) electrons. The summed E-state index contributed by atoms with van der Waals surface area (Å²) in [7, 11) is -7.11. The number of rotatable bonds is 8. The van der Waals surface area contributed by atoms with E-state index in [2.05, 4.69) is 19.2 Å². The summed E-state index contributed by atoms with van der Waals surface area (Å²) in [5, 5.41) is 2.19. The number of hydrogen-bond donors (Lipinski definition) is 1. The van der Waals surface area contributed by atoms with Crippen LogP contribution in [0, 0.1) is 5.92 Å². The fraction of sp³-hybridized carbons (Fsp3) is 0.647. The molecule has 0 spiro atoms. The van der Waals surface area contributed by atoms with Gasteiger partial charge in [0.25, 0.3) is 0 Å². The van der Waals surface area contributed by atoms with E-state index in [1.54, 1.807) is 12.1 Å². The molecule has 8 heteroatoms. The van der Waals surface area contributed by atoms with Crippen LogP contribution in [-0.4, -0.2) is 52.8 Å². The van der Waals surface area contributed by atoms with Crippen molar-refractivity contribution in [3.05, 3.63) is 24.3 Å². The molecular formula is C17H27NO5S2. The Kier molecular flexibility index (Phi) is 6.51. The lowest BCUT2D eigenvalue weighted by atomic mass is 10.1. The standard InChI is InChI=1S/C17H27NO5S2/c1-4-23-14-5-7-15(8-6-14)25(21,22)17-12-24(19,20)11-16(17)18-10-9-13(2)3/h5-8,13,16-18H,4,9-12H2,1-3H3. The van der Waals surface area contributed by atoms with Gasteiger partial charge in [-0.25, -0.2) is 16.8 Å². The van der Waals surface area contributed by atoms with Crippen molar-refractivity contribution in [3.8, 4) is 5.75 Å². The normalized spacial score (nSPS) is 23.0. The van der Waals surface area contributed by atoms with E-state index in [4.69, 9.17) is 4.74 Å². The van der Waals surface area contributed by atoms with Crippen molar-refractivity contribution in [2.45, 2.75) is 43.4 Å². The fourth-order valence-corrected chi connectivity index (χ4v) is 7.65. The quantitative estimate of drug-likeness (QED) is 0.727. The maximum Gasteiger partial charge on any atom is 0.183 e. The van der Waals surface area contributed by atoms with E-state index in [1.807, 2.05) is 6.92 Å². The van der Waals surface area contributed by atoms with Crippen LogP contribution < -0.4 is 10.1 Å². The molecule has 2 atom stereocenters. The summed E-state index contributed by atoms with van der Waals surface area (Å²) in [5.74, 6) is 0.590. The van der Waals surface area contributed by atoms with Crippen LogP contribution in [0.15, 0.2) is 29.2 Å². The molecule has 1 aliphatic heterocycles. The first kappa shape index (κ1) is 20.2. The van der Waals surface area contributed by atoms with Crippen LogP contribution in [0.4, 0.5) is 0 Å². The largest absolute Gasteiger partial charge is 0.494 e. The lowest BCUT2D eigenvalue weighted by molar-refractivity contribution is 0.340. The van der Waals surface area contributed by atoms with Gasteiger partial charge in [-0.1, -0.05) is 13.8 Å². The molecule has 1 heterocycles. The molecule has 0 aliphatic carbocycles. The number of sulfone groups is 2. The van der Waals surface area contributed by atoms with Crippen LogP contribution in [0.1, 0.15) is 27.2 Å². The summed E-state index contributed by atoms with van der Waals surface area (Å²) < 4.78 is 55.3. The highest BCUT2D eigenvalue weighted by Crippen LogP contribution is 2.27. The van der Waals surface area contributed by atoms with Gasteiger partial charge < -0.3 is 10.1 Å². The molecular weight excluding hydrogens is 362 g/mol. The molecule has 2 rings (SSSR count). The Labute approximate surface area is 150 Å². The van der Waals surface area contributed by atoms with E-state index >= 15 is 0 Å². The molecule has 1 fully saturated rings. The fourth-order valence-electron chi connectivity index (χ4n) is 2.94. The predicted molar refractivity (Wildman–Crippen MR) is 98.5 cm³/mol. The van der Waals surface area contributed by atoms with Crippen molar-refractivity contribution in [2.24, 2.45) is 5.92 Å². The lowest BCUT2D eigenvalue weighted by Crippen LogP contribution is -2.43. The minimum atomic E-state index is -3.74. The lowest BCUT2D eigenvalue weighted by Gasteiger charge is -2.20. The van der Waals surface area contributed by atoms with E-state index in [0.717, 1.165) is 6.42 Å². The second kappa shape index (κ2) is 8.05. The topological polar surface area (TPSA) is 89.5 Å². The molecule has 0 aromatic heterocycles. The van der Waals surface area contributed by atoms with Gasteiger partial charge in [-0.2, -0.15) is 0 Å². The monoisotopic (exact) mass is 389 g/mol. The van der Waals surface area contributed by atoms with Gasteiger partial charge in [-0.05, 0) is 50.1 Å². The van der Waals surface area contributed by atoms with Gasteiger partial charge in [0.1, 0.15) is 5.75 Å². The third-order valence-corrected chi connectivity index (χ3v) is 8.46. The number of nitrogens with one attached hydrogen (secondary N) is 1. The zero-order chi connectivity index (χ0) is 18.7. The summed E-state index contributed by atoms with van der Waals surface area (Å²) >= 11 is 0. The van der Waals surface area contributed by atoms with Crippen LogP contribution in [0.25, 0.3) is 0 Å². The minimum Gasteiger partial charge on any atom is -0.494 e. The molecule has 0 bridgehead atoms. The van der Waals surface area contributed by atoms with E-state index < -0.39 is 31.0 Å². The highest BCUT2D eigenvalue weighted by atomic mass is 32.2. The molecule has 142 valence electrons. The van der Waals surface area contributed by atoms with Crippen LogP contribution in [0.3, 0.4) is 0 Å². The van der Waals surface area contributed by atoms with Gasteiger partial charge in [-0.15, -0.1) is 0 Å². The zero-order valence-electron chi connectivity index (χ0n) is 14.9. The van der Waals surface area contributed by atoms with Crippen molar-refractivity contribution in [3.63, 3.8) is 0 Å². The van der Waals surface area contributed by atoms with Crippen molar-refractivity contribution < 1.29 is 21.6 Å². The van der Waals surface area contributed by atoms with E-state index in [0.29, 0.717) is 24.8 Å². The molecule has 1 aliphatic rings. The summed E-state index contributed by atoms with van der Waals surface area (Å²) in [4.78, 5) is 0.133. The Morgan fingerprint density at radius 1 is 1.20 bits per heavy atom. The Bertz CT molecular complexity index is 770. The Morgan fingerprint density at radius 3 is 2.40 bits per heavy atom. The summed E-state index contributed by atoms with van der Waals surface area (Å²) in [5.41, 5.74) is 0. The second-order valence-electron chi connectivity index (χ2n) is 6.81. The molecule has 1 aromatic rings. The van der Waals surface area contributed by atoms with E-state index in [9.17, 15) is 16.8 Å². The van der Waals surface area contributed by atoms with Crippen LogP contribution in [0.5, 0.6) is 5.75 Å². The van der Waals surface area contributed by atoms with Crippen LogP contribution in [0.2, 0.25) is 0 Å². The average Bonchev–Trinajstić information content (AvgIpc) is 2.83. The summed E-state index contributed by atoms with van der Waals surface area (Å²) in [6.07, 6.45) is 0.867. The molecule has 6 nitrogen and oxygen atoms in total. The molecule has 0 amide bonds. The molecule has 2 unspecified atom stereocenters. The van der Waals surface area contributed by atoms with Crippen molar-refractivity contribution in [1.82, 2.24) is 5.32 Å². The predicted octanol–water partition coefficient (Wildman–Crippen LogP) is 1.66. The number of benzene rings is 1. The first-order valence-corrected chi connectivity index (χ1v) is 11.9. The zero-order valence-corrected chi connectivity index (χ0v) is 16.6. The van der Waals surface area contributed by atoms with E-state index in [-0.39, 0.29) is 16.4 Å². The average molecular weight is 390 g/mol. The first-order valence-electron chi connectivity index (χ1n) is 8.56. The van der Waals surface area contributed by atoms with Gasteiger partial charge in [-0.3, -0.25) is 0 Å². The second-order valence-corrected chi connectivity index (χ2v) is 11.1. The first-order chi connectivity index (χ1) is 11.7. The third-order valence-electron chi connectivity index (χ3n) is 4.29. The smallest absolute Gasteiger partial charge is 0.183 e. The molecule has 1 aromatic carbocycles. The summed E-state index contributed by atoms with van der Waals surface area (Å²) in [6.45, 7) is 7.09. The van der Waals surface area contributed by atoms with E-state index in [1.165, 1.54) is 12.1 Å². The third kappa shape index (κ3) is 5.18. The maximum absolute atomic E-state index is 13.0.